The fraction of sp³-hybridized carbons (Fsp3) is 0.333. The van der Waals surface area contributed by atoms with E-state index in [0.717, 1.165) is 18.7 Å². The highest BCUT2D eigenvalue weighted by Crippen LogP contribution is 2.26. The molecular formula is C21H27ClN4O3. The molecule has 29 heavy (non-hydrogen) atoms. The smallest absolute Gasteiger partial charge is 0.312 e. The number of benzene rings is 2. The van der Waals surface area contributed by atoms with E-state index in [-0.39, 0.29) is 30.8 Å². The average Bonchev–Trinajstić information content (AvgIpc) is 2.68. The number of para-hydroxylation sites is 1. The number of nitrogens with zero attached hydrogens (tertiary/aromatic N) is 1. The first-order valence-corrected chi connectivity index (χ1v) is 9.42. The Morgan fingerprint density at radius 1 is 1.21 bits per heavy atom. The molecular weight excluding hydrogens is 392 g/mol. The number of hydrogen-bond acceptors (Lipinski definition) is 4. The molecule has 0 aliphatic carbocycles. The van der Waals surface area contributed by atoms with Crippen LogP contribution in [0.25, 0.3) is 0 Å². The predicted octanol–water partition coefficient (Wildman–Crippen LogP) is 2.82. The van der Waals surface area contributed by atoms with Crippen molar-refractivity contribution in [2.45, 2.75) is 25.4 Å². The summed E-state index contributed by atoms with van der Waals surface area (Å²) < 4.78 is 5.86. The van der Waals surface area contributed by atoms with Gasteiger partial charge in [-0.2, -0.15) is 0 Å². The SMILES string of the molecule is C[C@@H]1CNCCN1C(=O)CC(NC(N)=O)c1cccc(Oc2ccccc2)c1.Cl. The summed E-state index contributed by atoms with van der Waals surface area (Å²) in [6.07, 6.45) is 0.141. The molecule has 0 radical (unpaired) electrons. The standard InChI is InChI=1S/C21H26N4O3.ClH/c1-15-14-23-10-11-25(15)20(26)13-19(24-21(22)27)16-6-5-9-18(12-16)28-17-7-3-2-4-8-17;/h2-9,12,15,19,23H,10-11,13-14H2,1H3,(H3,22,24,27);1H/t15-,19?;/m1./s1. The highest BCUT2D eigenvalue weighted by molar-refractivity contribution is 5.85. The van der Waals surface area contributed by atoms with E-state index in [2.05, 4.69) is 10.6 Å². The zero-order valence-corrected chi connectivity index (χ0v) is 17.2. The monoisotopic (exact) mass is 418 g/mol. The lowest BCUT2D eigenvalue weighted by atomic mass is 10.0. The van der Waals surface area contributed by atoms with Crippen molar-refractivity contribution in [3.8, 4) is 11.5 Å². The summed E-state index contributed by atoms with van der Waals surface area (Å²) in [4.78, 5) is 26.2. The Morgan fingerprint density at radius 3 is 2.62 bits per heavy atom. The van der Waals surface area contributed by atoms with Gasteiger partial charge in [-0.05, 0) is 36.8 Å². The van der Waals surface area contributed by atoms with E-state index >= 15 is 0 Å². The molecule has 1 unspecified atom stereocenters. The van der Waals surface area contributed by atoms with Gasteiger partial charge < -0.3 is 26.0 Å². The van der Waals surface area contributed by atoms with Crippen molar-refractivity contribution in [1.82, 2.24) is 15.5 Å². The number of piperazine rings is 1. The molecule has 1 fully saturated rings. The number of primary amides is 1. The number of carbonyl (C=O) groups excluding carboxylic acids is 2. The van der Waals surface area contributed by atoms with E-state index < -0.39 is 12.1 Å². The molecule has 2 aromatic rings. The first-order chi connectivity index (χ1) is 13.5. The Kier molecular flexibility index (Phi) is 8.30. The van der Waals surface area contributed by atoms with Gasteiger partial charge in [0, 0.05) is 25.7 Å². The molecule has 0 aromatic heterocycles. The van der Waals surface area contributed by atoms with Crippen LogP contribution in [0, 0.1) is 0 Å². The molecule has 1 aliphatic rings. The van der Waals surface area contributed by atoms with Gasteiger partial charge >= 0.3 is 6.03 Å². The summed E-state index contributed by atoms with van der Waals surface area (Å²) >= 11 is 0. The second kappa shape index (κ2) is 10.7. The summed E-state index contributed by atoms with van der Waals surface area (Å²) in [6, 6.07) is 15.7. The molecule has 0 bridgehead atoms. The minimum absolute atomic E-state index is 0. The van der Waals surface area contributed by atoms with Crippen LogP contribution >= 0.6 is 12.4 Å². The average molecular weight is 419 g/mol. The third-order valence-corrected chi connectivity index (χ3v) is 4.76. The number of amides is 3. The quantitative estimate of drug-likeness (QED) is 0.672. The van der Waals surface area contributed by atoms with E-state index in [1.54, 1.807) is 0 Å². The van der Waals surface area contributed by atoms with Crippen molar-refractivity contribution in [3.63, 3.8) is 0 Å². The molecule has 3 rings (SSSR count). The molecule has 4 N–H and O–H groups in total. The summed E-state index contributed by atoms with van der Waals surface area (Å²) in [5, 5.41) is 5.96. The number of nitrogens with two attached hydrogens (primary N) is 1. The lowest BCUT2D eigenvalue weighted by molar-refractivity contribution is -0.134. The summed E-state index contributed by atoms with van der Waals surface area (Å²) in [7, 11) is 0. The van der Waals surface area contributed by atoms with E-state index in [1.807, 2.05) is 66.4 Å². The molecule has 3 amide bonds. The van der Waals surface area contributed by atoms with Crippen LogP contribution in [0.3, 0.4) is 0 Å². The van der Waals surface area contributed by atoms with Gasteiger partial charge in [0.1, 0.15) is 11.5 Å². The normalized spacial score (nSPS) is 17.0. The number of nitrogens with one attached hydrogen (secondary N) is 2. The van der Waals surface area contributed by atoms with Crippen molar-refractivity contribution < 1.29 is 14.3 Å². The molecule has 1 aliphatic heterocycles. The second-order valence-corrected chi connectivity index (χ2v) is 6.89. The minimum Gasteiger partial charge on any atom is -0.457 e. The number of rotatable bonds is 6. The Hall–Kier alpha value is -2.77. The number of carbonyl (C=O) groups is 2. The maximum absolute atomic E-state index is 12.8. The third-order valence-electron chi connectivity index (χ3n) is 4.76. The maximum atomic E-state index is 12.8. The Labute approximate surface area is 177 Å². The first-order valence-electron chi connectivity index (χ1n) is 9.42. The third kappa shape index (κ3) is 6.37. The lowest BCUT2D eigenvalue weighted by Gasteiger charge is -2.35. The highest BCUT2D eigenvalue weighted by atomic mass is 35.5. The maximum Gasteiger partial charge on any atom is 0.312 e. The Bertz CT molecular complexity index is 819. The van der Waals surface area contributed by atoms with Crippen LogP contribution in [-0.4, -0.2) is 42.5 Å². The number of hydrogen-bond donors (Lipinski definition) is 3. The van der Waals surface area contributed by atoms with E-state index in [0.29, 0.717) is 18.0 Å². The number of ether oxygens (including phenoxy) is 1. The zero-order valence-electron chi connectivity index (χ0n) is 16.3. The van der Waals surface area contributed by atoms with E-state index in [1.165, 1.54) is 0 Å². The summed E-state index contributed by atoms with van der Waals surface area (Å²) in [5.74, 6) is 1.33. The molecule has 8 heteroatoms. The topological polar surface area (TPSA) is 96.7 Å². The van der Waals surface area contributed by atoms with Crippen molar-refractivity contribution in [2.75, 3.05) is 19.6 Å². The van der Waals surface area contributed by atoms with Crippen molar-refractivity contribution in [2.24, 2.45) is 5.73 Å². The van der Waals surface area contributed by atoms with Gasteiger partial charge in [0.25, 0.3) is 0 Å². The highest BCUT2D eigenvalue weighted by Gasteiger charge is 2.26. The van der Waals surface area contributed by atoms with Crippen LogP contribution in [0.1, 0.15) is 24.9 Å². The van der Waals surface area contributed by atoms with Crippen LogP contribution in [0.5, 0.6) is 11.5 Å². The molecule has 1 heterocycles. The molecule has 156 valence electrons. The first kappa shape index (κ1) is 22.5. The Balaban J connectivity index is 0.00000300. The number of halogens is 1. The van der Waals surface area contributed by atoms with Crippen LogP contribution in [0.15, 0.2) is 54.6 Å². The fourth-order valence-corrected chi connectivity index (χ4v) is 3.35. The second-order valence-electron chi connectivity index (χ2n) is 6.89. The number of urea groups is 1. The largest absolute Gasteiger partial charge is 0.457 e. The molecule has 0 spiro atoms. The van der Waals surface area contributed by atoms with Gasteiger partial charge in [-0.25, -0.2) is 4.79 Å². The molecule has 1 saturated heterocycles. The molecule has 0 saturated carbocycles. The van der Waals surface area contributed by atoms with Gasteiger partial charge in [0.15, 0.2) is 0 Å². The predicted molar refractivity (Wildman–Crippen MR) is 114 cm³/mol. The zero-order chi connectivity index (χ0) is 19.9. The fourth-order valence-electron chi connectivity index (χ4n) is 3.35. The summed E-state index contributed by atoms with van der Waals surface area (Å²) in [6.45, 7) is 4.19. The van der Waals surface area contributed by atoms with Crippen LogP contribution < -0.4 is 21.1 Å². The van der Waals surface area contributed by atoms with Gasteiger partial charge in [-0.3, -0.25) is 4.79 Å². The van der Waals surface area contributed by atoms with Crippen molar-refractivity contribution >= 4 is 24.3 Å². The van der Waals surface area contributed by atoms with Crippen LogP contribution in [0.2, 0.25) is 0 Å². The molecule has 2 aromatic carbocycles. The van der Waals surface area contributed by atoms with E-state index in [4.69, 9.17) is 10.5 Å². The molecule has 2 atom stereocenters. The van der Waals surface area contributed by atoms with Gasteiger partial charge in [0.2, 0.25) is 5.91 Å². The van der Waals surface area contributed by atoms with Gasteiger partial charge in [-0.15, -0.1) is 12.4 Å². The summed E-state index contributed by atoms with van der Waals surface area (Å²) in [5.41, 5.74) is 6.12. The Morgan fingerprint density at radius 2 is 1.93 bits per heavy atom. The van der Waals surface area contributed by atoms with Gasteiger partial charge in [0.05, 0.1) is 12.5 Å². The van der Waals surface area contributed by atoms with Gasteiger partial charge in [-0.1, -0.05) is 30.3 Å². The van der Waals surface area contributed by atoms with E-state index in [9.17, 15) is 9.59 Å². The van der Waals surface area contributed by atoms with Crippen LogP contribution in [0.4, 0.5) is 4.79 Å². The van der Waals surface area contributed by atoms with Crippen molar-refractivity contribution in [1.29, 1.82) is 0 Å². The molecule has 7 nitrogen and oxygen atoms in total. The van der Waals surface area contributed by atoms with Crippen LogP contribution in [-0.2, 0) is 4.79 Å². The minimum atomic E-state index is -0.666. The van der Waals surface area contributed by atoms with Crippen molar-refractivity contribution in [3.05, 3.63) is 60.2 Å². The lowest BCUT2D eigenvalue weighted by Crippen LogP contribution is -2.53.